The maximum atomic E-state index is 12.7. The maximum Gasteiger partial charge on any atom is 0.472 e. The lowest BCUT2D eigenvalue weighted by Crippen LogP contribution is -2.39. The van der Waals surface area contributed by atoms with Gasteiger partial charge in [-0.15, -0.1) is 0 Å². The van der Waals surface area contributed by atoms with Gasteiger partial charge in [0.15, 0.2) is 0 Å². The van der Waals surface area contributed by atoms with Crippen molar-refractivity contribution in [2.24, 2.45) is 10.8 Å². The SMILES string of the molecule is CCCCOC(=O)C(C)(C)CC(C)(CC)C(=O)OCCOP(=O)(O)OCC[N+](C)(C)C. The molecule has 0 bridgehead atoms. The number of rotatable bonds is 16. The molecule has 0 aliphatic heterocycles. The molecule has 9 nitrogen and oxygen atoms in total. The van der Waals surface area contributed by atoms with E-state index in [0.29, 0.717) is 24.1 Å². The molecule has 10 heteroatoms. The number of unbranched alkanes of at least 4 members (excludes halogenated alkanes) is 1. The topological polar surface area (TPSA) is 108 Å². The first kappa shape index (κ1) is 30.0. The predicted octanol–water partition coefficient (Wildman–Crippen LogP) is 3.55. The van der Waals surface area contributed by atoms with Crippen LogP contribution in [-0.4, -0.2) is 75.4 Å². The Balaban J connectivity index is 4.61. The molecule has 0 fully saturated rings. The van der Waals surface area contributed by atoms with Crippen LogP contribution < -0.4 is 0 Å². The summed E-state index contributed by atoms with van der Waals surface area (Å²) in [5.74, 6) is -0.837. The Morgan fingerprint density at radius 2 is 1.45 bits per heavy atom. The Labute approximate surface area is 187 Å². The average molecular weight is 469 g/mol. The fourth-order valence-corrected chi connectivity index (χ4v) is 3.51. The van der Waals surface area contributed by atoms with Crippen LogP contribution in [0, 0.1) is 10.8 Å². The van der Waals surface area contributed by atoms with Crippen LogP contribution in [0.2, 0.25) is 0 Å². The molecule has 0 rings (SSSR count). The molecule has 0 spiro atoms. The highest BCUT2D eigenvalue weighted by Crippen LogP contribution is 2.43. The zero-order valence-corrected chi connectivity index (χ0v) is 21.5. The quantitative estimate of drug-likeness (QED) is 0.159. The molecule has 0 aromatic carbocycles. The molecule has 2 unspecified atom stereocenters. The molecule has 2 atom stereocenters. The molecular formula is C21H43NO8P+. The highest BCUT2D eigenvalue weighted by Gasteiger charge is 2.43. The van der Waals surface area contributed by atoms with Crippen molar-refractivity contribution in [1.82, 2.24) is 0 Å². The number of esters is 2. The normalized spacial score (nSPS) is 16.3. The molecule has 0 aliphatic rings. The van der Waals surface area contributed by atoms with Crippen LogP contribution in [0.5, 0.6) is 0 Å². The summed E-state index contributed by atoms with van der Waals surface area (Å²) in [7, 11) is 1.59. The Kier molecular flexibility index (Phi) is 12.5. The zero-order valence-electron chi connectivity index (χ0n) is 20.6. The molecule has 0 radical (unpaired) electrons. The summed E-state index contributed by atoms with van der Waals surface area (Å²) in [5, 5.41) is 0. The smallest absolute Gasteiger partial charge is 0.465 e. The summed E-state index contributed by atoms with van der Waals surface area (Å²) in [6.45, 7) is 9.60. The van der Waals surface area contributed by atoms with E-state index in [-0.39, 0.29) is 32.2 Å². The van der Waals surface area contributed by atoms with Gasteiger partial charge in [-0.05, 0) is 40.0 Å². The molecule has 31 heavy (non-hydrogen) atoms. The Morgan fingerprint density at radius 3 is 1.97 bits per heavy atom. The van der Waals surface area contributed by atoms with E-state index < -0.39 is 24.6 Å². The minimum absolute atomic E-state index is 0.0639. The van der Waals surface area contributed by atoms with E-state index in [0.717, 1.165) is 12.8 Å². The summed E-state index contributed by atoms with van der Waals surface area (Å²) in [6, 6.07) is 0. The molecule has 0 aromatic rings. The van der Waals surface area contributed by atoms with Gasteiger partial charge in [-0.1, -0.05) is 20.3 Å². The molecule has 0 aromatic heterocycles. The fraction of sp³-hybridized carbons (Fsp3) is 0.905. The number of phosphoric ester groups is 1. The van der Waals surface area contributed by atoms with E-state index in [9.17, 15) is 19.0 Å². The molecular weight excluding hydrogens is 425 g/mol. The van der Waals surface area contributed by atoms with Crippen molar-refractivity contribution in [1.29, 1.82) is 0 Å². The van der Waals surface area contributed by atoms with Crippen LogP contribution >= 0.6 is 7.82 Å². The summed E-state index contributed by atoms with van der Waals surface area (Å²) >= 11 is 0. The summed E-state index contributed by atoms with van der Waals surface area (Å²) in [5.41, 5.74) is -1.76. The lowest BCUT2D eigenvalue weighted by atomic mass is 9.72. The van der Waals surface area contributed by atoms with Gasteiger partial charge in [0, 0.05) is 0 Å². The largest absolute Gasteiger partial charge is 0.472 e. The van der Waals surface area contributed by atoms with E-state index in [1.807, 2.05) is 35.0 Å². The van der Waals surface area contributed by atoms with E-state index >= 15 is 0 Å². The van der Waals surface area contributed by atoms with E-state index in [2.05, 4.69) is 0 Å². The van der Waals surface area contributed by atoms with Gasteiger partial charge < -0.3 is 18.9 Å². The van der Waals surface area contributed by atoms with Crippen molar-refractivity contribution >= 4 is 19.8 Å². The lowest BCUT2D eigenvalue weighted by Gasteiger charge is -2.33. The zero-order chi connectivity index (χ0) is 24.3. The van der Waals surface area contributed by atoms with Gasteiger partial charge in [0.05, 0.1) is 45.2 Å². The second kappa shape index (κ2) is 12.9. The first-order valence-electron chi connectivity index (χ1n) is 10.9. The molecule has 0 amide bonds. The number of hydrogen-bond donors (Lipinski definition) is 1. The van der Waals surface area contributed by atoms with E-state index in [1.54, 1.807) is 20.8 Å². The highest BCUT2D eigenvalue weighted by atomic mass is 31.2. The van der Waals surface area contributed by atoms with Crippen LogP contribution in [-0.2, 0) is 32.7 Å². The monoisotopic (exact) mass is 468 g/mol. The Bertz CT molecular complexity index is 617. The fourth-order valence-electron chi connectivity index (χ4n) is 2.82. The Hall–Kier alpha value is -0.990. The molecule has 1 N–H and O–H groups in total. The number of quaternary nitrogens is 1. The second-order valence-electron chi connectivity index (χ2n) is 9.75. The maximum absolute atomic E-state index is 12.7. The van der Waals surface area contributed by atoms with Crippen molar-refractivity contribution < 1.29 is 42.1 Å². The number of carbonyl (C=O) groups excluding carboxylic acids is 2. The number of phosphoric acid groups is 1. The van der Waals surface area contributed by atoms with Gasteiger partial charge in [-0.2, -0.15) is 0 Å². The molecule has 184 valence electrons. The van der Waals surface area contributed by atoms with Gasteiger partial charge in [-0.25, -0.2) is 4.57 Å². The third kappa shape index (κ3) is 12.6. The van der Waals surface area contributed by atoms with Crippen molar-refractivity contribution in [3.05, 3.63) is 0 Å². The number of ether oxygens (including phenoxy) is 2. The van der Waals surface area contributed by atoms with Crippen molar-refractivity contribution in [2.45, 2.75) is 60.3 Å². The Morgan fingerprint density at radius 1 is 0.903 bits per heavy atom. The number of carbonyl (C=O) groups is 2. The minimum atomic E-state index is -4.21. The van der Waals surface area contributed by atoms with Crippen molar-refractivity contribution in [2.75, 3.05) is 54.1 Å². The molecule has 0 heterocycles. The van der Waals surface area contributed by atoms with Gasteiger partial charge in [0.1, 0.15) is 19.8 Å². The summed E-state index contributed by atoms with van der Waals surface area (Å²) < 4.78 is 32.8. The average Bonchev–Trinajstić information content (AvgIpc) is 2.63. The van der Waals surface area contributed by atoms with E-state index in [1.165, 1.54) is 0 Å². The van der Waals surface area contributed by atoms with Gasteiger partial charge in [0.2, 0.25) is 0 Å². The van der Waals surface area contributed by atoms with Crippen molar-refractivity contribution in [3.8, 4) is 0 Å². The van der Waals surface area contributed by atoms with Crippen molar-refractivity contribution in [3.63, 3.8) is 0 Å². The highest BCUT2D eigenvalue weighted by molar-refractivity contribution is 7.47. The van der Waals surface area contributed by atoms with Crippen LogP contribution in [0.25, 0.3) is 0 Å². The minimum Gasteiger partial charge on any atom is -0.465 e. The van der Waals surface area contributed by atoms with Crippen LogP contribution in [0.15, 0.2) is 0 Å². The molecule has 0 saturated carbocycles. The molecule has 0 saturated heterocycles. The number of hydrogen-bond acceptors (Lipinski definition) is 7. The van der Waals surface area contributed by atoms with Crippen LogP contribution in [0.3, 0.4) is 0 Å². The standard InChI is InChI=1S/C21H42NO8P/c1-9-11-13-27-18(23)20(3,4)17-21(5,10-2)19(24)28-15-16-30-31(25,26)29-14-12-22(6,7)8/h9-17H2,1-8H3/p+1. The first-order chi connectivity index (χ1) is 14.1. The van der Waals surface area contributed by atoms with Gasteiger partial charge in [-0.3, -0.25) is 18.6 Å². The number of likely N-dealkylation sites (N-methyl/N-ethyl adjacent to an activating group) is 1. The lowest BCUT2D eigenvalue weighted by molar-refractivity contribution is -0.870. The second-order valence-corrected chi connectivity index (χ2v) is 11.2. The number of nitrogens with zero attached hydrogens (tertiary/aromatic N) is 1. The van der Waals surface area contributed by atoms with Gasteiger partial charge >= 0.3 is 19.8 Å². The van der Waals surface area contributed by atoms with E-state index in [4.69, 9.17) is 18.5 Å². The van der Waals surface area contributed by atoms with Gasteiger partial charge in [0.25, 0.3) is 0 Å². The predicted molar refractivity (Wildman–Crippen MR) is 118 cm³/mol. The van der Waals surface area contributed by atoms with Crippen LogP contribution in [0.1, 0.15) is 60.3 Å². The third-order valence-electron chi connectivity index (χ3n) is 4.98. The molecule has 0 aliphatic carbocycles. The van der Waals surface area contributed by atoms with Crippen LogP contribution in [0.4, 0.5) is 0 Å². The third-order valence-corrected chi connectivity index (χ3v) is 5.99. The summed E-state index contributed by atoms with van der Waals surface area (Å²) in [6.07, 6.45) is 2.44. The first-order valence-corrected chi connectivity index (χ1v) is 12.3. The summed E-state index contributed by atoms with van der Waals surface area (Å²) in [4.78, 5) is 34.8.